The van der Waals surface area contributed by atoms with Crippen LogP contribution in [0.3, 0.4) is 0 Å². The van der Waals surface area contributed by atoms with Crippen molar-refractivity contribution < 1.29 is 4.74 Å². The van der Waals surface area contributed by atoms with Crippen LogP contribution >= 0.6 is 0 Å². The number of benzene rings is 3. The van der Waals surface area contributed by atoms with E-state index in [4.69, 9.17) is 4.74 Å². The quantitative estimate of drug-likeness (QED) is 0.467. The maximum Gasteiger partial charge on any atom is 0.104 e. The Balaban J connectivity index is 1.59. The fraction of sp³-hybridized carbons (Fsp3) is 0.259. The molecule has 3 aromatic rings. The zero-order valence-electron chi connectivity index (χ0n) is 16.4. The number of ether oxygens (including phenoxy) is 1. The van der Waals surface area contributed by atoms with Gasteiger partial charge in [-0.2, -0.15) is 0 Å². The number of rotatable bonds is 4. The van der Waals surface area contributed by atoms with Crippen LogP contribution in [-0.2, 0) is 10.3 Å². The van der Waals surface area contributed by atoms with Crippen LogP contribution < -0.4 is 0 Å². The molecule has 3 heterocycles. The molecule has 0 N–H and O–H groups in total. The van der Waals surface area contributed by atoms with E-state index in [0.717, 1.165) is 19.5 Å². The molecule has 3 atom stereocenters. The van der Waals surface area contributed by atoms with Crippen molar-refractivity contribution in [2.75, 3.05) is 13.1 Å². The van der Waals surface area contributed by atoms with Gasteiger partial charge in [-0.25, -0.2) is 0 Å². The number of nitrogens with zero attached hydrogens (tertiary/aromatic N) is 1. The van der Waals surface area contributed by atoms with Crippen LogP contribution in [0.1, 0.15) is 23.1 Å². The minimum absolute atomic E-state index is 0.117. The molecule has 2 nitrogen and oxygen atoms in total. The highest BCUT2D eigenvalue weighted by molar-refractivity contribution is 5.50. The van der Waals surface area contributed by atoms with Crippen molar-refractivity contribution in [1.82, 2.24) is 4.90 Å². The molecule has 2 heteroatoms. The second-order valence-corrected chi connectivity index (χ2v) is 8.59. The molecule has 144 valence electrons. The van der Waals surface area contributed by atoms with Gasteiger partial charge in [0.05, 0.1) is 11.6 Å². The zero-order chi connectivity index (χ0) is 19.3. The van der Waals surface area contributed by atoms with Crippen molar-refractivity contribution in [2.24, 2.45) is 5.92 Å². The minimum Gasteiger partial charge on any atom is -0.362 e. The van der Waals surface area contributed by atoms with Crippen molar-refractivity contribution in [1.29, 1.82) is 0 Å². The highest BCUT2D eigenvalue weighted by atomic mass is 16.5. The van der Waals surface area contributed by atoms with Crippen LogP contribution in [0.4, 0.5) is 0 Å². The summed E-state index contributed by atoms with van der Waals surface area (Å²) in [6.45, 7) is 1.96. The SMILES string of the molecule is C1=C[C@]23CN(C(c4ccccc4)(c4ccccc4)c4ccccc4)C[C@H]2C[C@H]1O3. The van der Waals surface area contributed by atoms with Gasteiger partial charge < -0.3 is 4.74 Å². The molecule has 0 unspecified atom stereocenters. The molecular formula is C27H25NO. The Morgan fingerprint density at radius 1 is 0.759 bits per heavy atom. The molecule has 2 fully saturated rings. The van der Waals surface area contributed by atoms with Crippen molar-refractivity contribution in [3.8, 4) is 0 Å². The Labute approximate surface area is 172 Å². The van der Waals surface area contributed by atoms with Gasteiger partial charge in [0.15, 0.2) is 0 Å². The smallest absolute Gasteiger partial charge is 0.104 e. The molecule has 2 saturated heterocycles. The summed E-state index contributed by atoms with van der Waals surface area (Å²) in [7, 11) is 0. The lowest BCUT2D eigenvalue weighted by Gasteiger charge is -2.44. The highest BCUT2D eigenvalue weighted by Crippen LogP contribution is 2.53. The van der Waals surface area contributed by atoms with Crippen LogP contribution in [0.25, 0.3) is 0 Å². The van der Waals surface area contributed by atoms with Crippen molar-refractivity contribution in [3.05, 3.63) is 120 Å². The van der Waals surface area contributed by atoms with Crippen molar-refractivity contribution in [3.63, 3.8) is 0 Å². The molecule has 29 heavy (non-hydrogen) atoms. The molecule has 0 amide bonds. The van der Waals surface area contributed by atoms with Gasteiger partial charge in [-0.15, -0.1) is 0 Å². The van der Waals surface area contributed by atoms with Crippen LogP contribution in [0.5, 0.6) is 0 Å². The van der Waals surface area contributed by atoms with Gasteiger partial charge >= 0.3 is 0 Å². The van der Waals surface area contributed by atoms with Gasteiger partial charge in [0, 0.05) is 19.0 Å². The van der Waals surface area contributed by atoms with E-state index in [1.807, 2.05) is 0 Å². The summed E-state index contributed by atoms with van der Waals surface area (Å²) in [6, 6.07) is 32.9. The maximum absolute atomic E-state index is 6.46. The number of likely N-dealkylation sites (tertiary alicyclic amines) is 1. The third-order valence-electron chi connectivity index (χ3n) is 7.10. The third-order valence-corrected chi connectivity index (χ3v) is 7.10. The van der Waals surface area contributed by atoms with Crippen LogP contribution in [0.2, 0.25) is 0 Å². The lowest BCUT2D eigenvalue weighted by atomic mass is 9.75. The van der Waals surface area contributed by atoms with E-state index in [2.05, 4.69) is 108 Å². The summed E-state index contributed by atoms with van der Waals surface area (Å²) in [5, 5.41) is 0. The molecule has 2 bridgehead atoms. The maximum atomic E-state index is 6.46. The van der Waals surface area contributed by atoms with Crippen LogP contribution in [-0.4, -0.2) is 29.7 Å². The molecule has 0 radical (unpaired) electrons. The van der Waals surface area contributed by atoms with E-state index < -0.39 is 0 Å². The van der Waals surface area contributed by atoms with Crippen molar-refractivity contribution >= 4 is 0 Å². The first-order chi connectivity index (χ1) is 14.3. The summed E-state index contributed by atoms with van der Waals surface area (Å²) in [6.07, 6.45) is 6.08. The largest absolute Gasteiger partial charge is 0.362 e. The van der Waals surface area contributed by atoms with E-state index in [9.17, 15) is 0 Å². The Bertz CT molecular complexity index is 933. The van der Waals surface area contributed by atoms with Gasteiger partial charge in [-0.05, 0) is 23.1 Å². The average molecular weight is 380 g/mol. The summed E-state index contributed by atoms with van der Waals surface area (Å²) in [5.74, 6) is 0.563. The molecule has 6 rings (SSSR count). The molecule has 3 aromatic carbocycles. The van der Waals surface area contributed by atoms with Gasteiger partial charge in [0.2, 0.25) is 0 Å². The van der Waals surface area contributed by atoms with Gasteiger partial charge in [0.1, 0.15) is 5.60 Å². The molecule has 0 saturated carbocycles. The number of hydrogen-bond acceptors (Lipinski definition) is 2. The second-order valence-electron chi connectivity index (χ2n) is 8.59. The van der Waals surface area contributed by atoms with E-state index in [-0.39, 0.29) is 11.1 Å². The fourth-order valence-corrected chi connectivity index (χ4v) is 5.89. The summed E-state index contributed by atoms with van der Waals surface area (Å²) in [4.78, 5) is 2.67. The highest BCUT2D eigenvalue weighted by Gasteiger charge is 2.59. The minimum atomic E-state index is -0.335. The molecule has 0 aromatic heterocycles. The molecular weight excluding hydrogens is 354 g/mol. The third kappa shape index (κ3) is 2.43. The first kappa shape index (κ1) is 17.2. The number of fused-ring (bicyclic) bond motifs is 1. The average Bonchev–Trinajstić information content (AvgIpc) is 3.45. The fourth-order valence-electron chi connectivity index (χ4n) is 5.89. The van der Waals surface area contributed by atoms with Gasteiger partial charge in [0.25, 0.3) is 0 Å². The molecule has 1 spiro atoms. The Hall–Kier alpha value is -2.68. The zero-order valence-corrected chi connectivity index (χ0v) is 16.4. The van der Waals surface area contributed by atoms with Gasteiger partial charge in [-0.1, -0.05) is 103 Å². The predicted octanol–water partition coefficient (Wildman–Crippen LogP) is 5.01. The molecule has 3 aliphatic rings. The predicted molar refractivity (Wildman–Crippen MR) is 116 cm³/mol. The summed E-state index contributed by atoms with van der Waals surface area (Å²) in [5.41, 5.74) is 3.48. The monoisotopic (exact) mass is 379 g/mol. The van der Waals surface area contributed by atoms with Crippen LogP contribution in [0, 0.1) is 5.92 Å². The van der Waals surface area contributed by atoms with Crippen molar-refractivity contribution in [2.45, 2.75) is 23.7 Å². The summed E-state index contributed by atoms with van der Waals surface area (Å²) >= 11 is 0. The Kier molecular flexibility index (Phi) is 3.80. The normalized spacial score (nSPS) is 28.0. The Morgan fingerprint density at radius 2 is 1.28 bits per heavy atom. The second kappa shape index (κ2) is 6.41. The summed E-state index contributed by atoms with van der Waals surface area (Å²) < 4.78 is 6.46. The van der Waals surface area contributed by atoms with E-state index >= 15 is 0 Å². The van der Waals surface area contributed by atoms with E-state index in [1.54, 1.807) is 0 Å². The Morgan fingerprint density at radius 3 is 1.72 bits per heavy atom. The lowest BCUT2D eigenvalue weighted by Crippen LogP contribution is -2.48. The topological polar surface area (TPSA) is 12.5 Å². The van der Waals surface area contributed by atoms with E-state index in [0.29, 0.717) is 12.0 Å². The van der Waals surface area contributed by atoms with Gasteiger partial charge in [-0.3, -0.25) is 4.90 Å². The lowest BCUT2D eigenvalue weighted by molar-refractivity contribution is 0.0159. The first-order valence-electron chi connectivity index (χ1n) is 10.6. The standard InChI is InChI=1S/C27H25NO/c1-4-10-21(11-5-1)27(22-12-6-2-7-13-22,23-14-8-3-9-15-23)28-19-24-18-25-16-17-26(24,20-28)29-25/h1-17,24-25H,18-20H2/t24-,25+,26+/m1/s1. The van der Waals surface area contributed by atoms with Crippen LogP contribution in [0.15, 0.2) is 103 Å². The number of hydrogen-bond donors (Lipinski definition) is 0. The molecule has 3 aliphatic heterocycles. The van der Waals surface area contributed by atoms with E-state index in [1.165, 1.54) is 16.7 Å². The molecule has 0 aliphatic carbocycles. The first-order valence-corrected chi connectivity index (χ1v) is 10.6.